The predicted molar refractivity (Wildman–Crippen MR) is 123 cm³/mol. The summed E-state index contributed by atoms with van der Waals surface area (Å²) in [6.07, 6.45) is 0. The van der Waals surface area contributed by atoms with Crippen LogP contribution in [0.1, 0.15) is 58.2 Å². The monoisotopic (exact) mass is 371 g/mol. The van der Waals surface area contributed by atoms with Gasteiger partial charge in [0.1, 0.15) is 0 Å². The Hall–Kier alpha value is -2.54. The lowest BCUT2D eigenvalue weighted by molar-refractivity contribution is 0.590. The molecule has 0 unspecified atom stereocenters. The summed E-state index contributed by atoms with van der Waals surface area (Å²) < 4.78 is 0. The number of hydrogen-bond acceptors (Lipinski definition) is 1. The van der Waals surface area contributed by atoms with Crippen molar-refractivity contribution in [1.29, 1.82) is 0 Å². The Bertz CT molecular complexity index is 920. The van der Waals surface area contributed by atoms with Gasteiger partial charge < -0.3 is 4.90 Å². The fraction of sp³-hybridized carbons (Fsp3) is 0.333. The molecule has 0 radical (unpaired) electrons. The molecule has 0 saturated heterocycles. The van der Waals surface area contributed by atoms with Gasteiger partial charge in [-0.25, -0.2) is 0 Å². The second-order valence-electron chi connectivity index (χ2n) is 9.77. The van der Waals surface area contributed by atoms with Crippen molar-refractivity contribution in [3.05, 3.63) is 89.5 Å². The van der Waals surface area contributed by atoms with Crippen LogP contribution in [0.5, 0.6) is 0 Å². The lowest BCUT2D eigenvalue weighted by Crippen LogP contribution is -2.15. The number of hydrogen-bond donors (Lipinski definition) is 0. The Morgan fingerprint density at radius 1 is 0.536 bits per heavy atom. The van der Waals surface area contributed by atoms with Crippen LogP contribution in [0.3, 0.4) is 0 Å². The molecule has 0 amide bonds. The third-order valence-corrected chi connectivity index (χ3v) is 5.25. The molecule has 0 aromatic heterocycles. The molecular weight excluding hydrogens is 338 g/mol. The largest absolute Gasteiger partial charge is 0.310 e. The molecule has 0 N–H and O–H groups in total. The molecule has 0 aliphatic rings. The maximum absolute atomic E-state index is 2.35. The van der Waals surface area contributed by atoms with E-state index in [4.69, 9.17) is 0 Å². The van der Waals surface area contributed by atoms with Gasteiger partial charge in [-0.3, -0.25) is 0 Å². The van der Waals surface area contributed by atoms with Crippen LogP contribution >= 0.6 is 0 Å². The van der Waals surface area contributed by atoms with E-state index >= 15 is 0 Å². The van der Waals surface area contributed by atoms with E-state index in [2.05, 4.69) is 126 Å². The summed E-state index contributed by atoms with van der Waals surface area (Å²) in [4.78, 5) is 2.35. The van der Waals surface area contributed by atoms with Crippen LogP contribution in [0.4, 0.5) is 17.1 Å². The SMILES string of the molecule is Cc1ccc(N(c2ccc(C(C)(C)C)cc2)c2cccc(C(C)(C)C)c2)cc1. The Morgan fingerprint density at radius 3 is 1.54 bits per heavy atom. The molecule has 146 valence electrons. The van der Waals surface area contributed by atoms with Crippen molar-refractivity contribution in [3.8, 4) is 0 Å². The molecule has 28 heavy (non-hydrogen) atoms. The molecule has 0 heterocycles. The molecule has 0 aliphatic heterocycles. The molecule has 0 spiro atoms. The summed E-state index contributed by atoms with van der Waals surface area (Å²) in [5, 5.41) is 0. The van der Waals surface area contributed by atoms with Crippen LogP contribution in [0.25, 0.3) is 0 Å². The van der Waals surface area contributed by atoms with Crippen molar-refractivity contribution in [2.75, 3.05) is 4.90 Å². The number of aryl methyl sites for hydroxylation is 1. The van der Waals surface area contributed by atoms with E-state index in [0.717, 1.165) is 0 Å². The minimum absolute atomic E-state index is 0.116. The number of benzene rings is 3. The van der Waals surface area contributed by atoms with Crippen LogP contribution in [0.2, 0.25) is 0 Å². The normalized spacial score (nSPS) is 12.1. The van der Waals surface area contributed by atoms with Crippen LogP contribution < -0.4 is 4.90 Å². The van der Waals surface area contributed by atoms with Crippen molar-refractivity contribution in [3.63, 3.8) is 0 Å². The summed E-state index contributed by atoms with van der Waals surface area (Å²) in [5.41, 5.74) is 7.79. The summed E-state index contributed by atoms with van der Waals surface area (Å²) in [5.74, 6) is 0. The van der Waals surface area contributed by atoms with Gasteiger partial charge in [0.2, 0.25) is 0 Å². The first-order valence-corrected chi connectivity index (χ1v) is 10.1. The summed E-state index contributed by atoms with van der Waals surface area (Å²) >= 11 is 0. The average molecular weight is 372 g/mol. The van der Waals surface area contributed by atoms with Crippen LogP contribution in [0, 0.1) is 6.92 Å². The Morgan fingerprint density at radius 2 is 1.04 bits per heavy atom. The number of rotatable bonds is 3. The van der Waals surface area contributed by atoms with E-state index in [9.17, 15) is 0 Å². The van der Waals surface area contributed by atoms with Gasteiger partial charge in [-0.2, -0.15) is 0 Å². The lowest BCUT2D eigenvalue weighted by atomic mass is 9.86. The molecule has 0 fully saturated rings. The second kappa shape index (κ2) is 7.47. The van der Waals surface area contributed by atoms with Gasteiger partial charge >= 0.3 is 0 Å². The number of nitrogens with zero attached hydrogens (tertiary/aromatic N) is 1. The van der Waals surface area contributed by atoms with E-state index in [0.29, 0.717) is 0 Å². The van der Waals surface area contributed by atoms with Crippen LogP contribution in [0.15, 0.2) is 72.8 Å². The molecule has 3 rings (SSSR count). The predicted octanol–water partition coefficient (Wildman–Crippen LogP) is 8.06. The summed E-state index contributed by atoms with van der Waals surface area (Å²) in [7, 11) is 0. The van der Waals surface area contributed by atoms with Gasteiger partial charge in [-0.05, 0) is 65.3 Å². The highest BCUT2D eigenvalue weighted by molar-refractivity contribution is 5.77. The van der Waals surface area contributed by atoms with Gasteiger partial charge in [0.15, 0.2) is 0 Å². The van der Waals surface area contributed by atoms with Crippen LogP contribution in [-0.2, 0) is 10.8 Å². The van der Waals surface area contributed by atoms with Gasteiger partial charge in [-0.1, -0.05) is 83.5 Å². The standard InChI is InChI=1S/C27H33N/c1-20-11-15-23(16-12-20)28(24-17-13-21(14-18-24)26(2,3)4)25-10-8-9-22(19-25)27(5,6)7/h8-19H,1-7H3. The highest BCUT2D eigenvalue weighted by Gasteiger charge is 2.19. The molecule has 3 aromatic carbocycles. The summed E-state index contributed by atoms with van der Waals surface area (Å²) in [6.45, 7) is 15.7. The molecule has 1 nitrogen and oxygen atoms in total. The van der Waals surface area contributed by atoms with Crippen molar-refractivity contribution < 1.29 is 0 Å². The first-order valence-electron chi connectivity index (χ1n) is 10.1. The zero-order valence-corrected chi connectivity index (χ0v) is 18.4. The molecular formula is C27H33N. The third kappa shape index (κ3) is 4.47. The first-order chi connectivity index (χ1) is 13.1. The van der Waals surface area contributed by atoms with Gasteiger partial charge in [0.05, 0.1) is 0 Å². The third-order valence-electron chi connectivity index (χ3n) is 5.25. The maximum Gasteiger partial charge on any atom is 0.0464 e. The molecule has 0 atom stereocenters. The van der Waals surface area contributed by atoms with Gasteiger partial charge in [0, 0.05) is 17.1 Å². The quantitative estimate of drug-likeness (QED) is 0.450. The highest BCUT2D eigenvalue weighted by Crippen LogP contribution is 2.37. The Balaban J connectivity index is 2.12. The van der Waals surface area contributed by atoms with Crippen LogP contribution in [-0.4, -0.2) is 0 Å². The second-order valence-corrected chi connectivity index (χ2v) is 9.77. The lowest BCUT2D eigenvalue weighted by Gasteiger charge is -2.29. The van der Waals surface area contributed by atoms with Crippen molar-refractivity contribution in [2.45, 2.75) is 59.3 Å². The molecule has 1 heteroatoms. The zero-order chi connectivity index (χ0) is 20.5. The van der Waals surface area contributed by atoms with Gasteiger partial charge in [-0.15, -0.1) is 0 Å². The fourth-order valence-electron chi connectivity index (χ4n) is 3.36. The van der Waals surface area contributed by atoms with Gasteiger partial charge in [0.25, 0.3) is 0 Å². The Kier molecular flexibility index (Phi) is 5.39. The van der Waals surface area contributed by atoms with E-state index in [-0.39, 0.29) is 10.8 Å². The smallest absolute Gasteiger partial charge is 0.0464 e. The number of anilines is 3. The van der Waals surface area contributed by atoms with E-state index in [1.165, 1.54) is 33.8 Å². The van der Waals surface area contributed by atoms with Crippen molar-refractivity contribution in [2.24, 2.45) is 0 Å². The zero-order valence-electron chi connectivity index (χ0n) is 18.4. The maximum atomic E-state index is 2.35. The van der Waals surface area contributed by atoms with E-state index in [1.54, 1.807) is 0 Å². The minimum atomic E-state index is 0.116. The average Bonchev–Trinajstić information content (AvgIpc) is 2.63. The minimum Gasteiger partial charge on any atom is -0.310 e. The molecule has 3 aromatic rings. The highest BCUT2D eigenvalue weighted by atomic mass is 15.1. The Labute approximate surface area is 171 Å². The fourth-order valence-corrected chi connectivity index (χ4v) is 3.36. The molecule has 0 saturated carbocycles. The molecule has 0 aliphatic carbocycles. The molecule has 0 bridgehead atoms. The van der Waals surface area contributed by atoms with E-state index < -0.39 is 0 Å². The van der Waals surface area contributed by atoms with Crippen molar-refractivity contribution >= 4 is 17.1 Å². The van der Waals surface area contributed by atoms with E-state index in [1.807, 2.05) is 0 Å². The summed E-state index contributed by atoms with van der Waals surface area (Å²) in [6, 6.07) is 26.7. The topological polar surface area (TPSA) is 3.24 Å². The van der Waals surface area contributed by atoms with Crippen molar-refractivity contribution in [1.82, 2.24) is 0 Å². The first kappa shape index (κ1) is 20.2.